The van der Waals surface area contributed by atoms with E-state index < -0.39 is 0 Å². The van der Waals surface area contributed by atoms with Crippen LogP contribution in [0.1, 0.15) is 22.6 Å². The molecule has 2 heterocycles. The number of hydrogen-bond donors (Lipinski definition) is 2. The van der Waals surface area contributed by atoms with Gasteiger partial charge in [0.05, 0.1) is 24.6 Å². The Morgan fingerprint density at radius 2 is 2.53 bits per heavy atom. The maximum Gasteiger partial charge on any atom is 0.224 e. The van der Waals surface area contributed by atoms with Crippen molar-refractivity contribution in [2.45, 2.75) is 31.7 Å². The van der Waals surface area contributed by atoms with Gasteiger partial charge >= 0.3 is 0 Å². The normalized spacial score (nSPS) is 18.0. The van der Waals surface area contributed by atoms with E-state index in [9.17, 15) is 4.79 Å². The number of nitrogens with two attached hydrogens (primary N) is 1. The fraction of sp³-hybridized carbons (Fsp3) is 0.385. The van der Waals surface area contributed by atoms with Gasteiger partial charge in [0.1, 0.15) is 0 Å². The quantitative estimate of drug-likeness (QED) is 0.891. The molecule has 0 radical (unpaired) electrons. The highest BCUT2D eigenvalue weighted by Gasteiger charge is 2.23. The summed E-state index contributed by atoms with van der Waals surface area (Å²) in [5.74, 6) is 0.0346. The monoisotopic (exact) mass is 277 g/mol. The molecule has 1 atom stereocenters. The first-order valence-corrected chi connectivity index (χ1v) is 7.07. The van der Waals surface area contributed by atoms with Gasteiger partial charge in [-0.05, 0) is 24.5 Å². The molecule has 0 aromatic carbocycles. The van der Waals surface area contributed by atoms with E-state index in [0.717, 1.165) is 30.5 Å². The zero-order chi connectivity index (χ0) is 13.2. The lowest BCUT2D eigenvalue weighted by Crippen LogP contribution is -2.39. The summed E-state index contributed by atoms with van der Waals surface area (Å²) in [5, 5.41) is 3.69. The summed E-state index contributed by atoms with van der Waals surface area (Å²) in [6, 6.07) is 1.99. The lowest BCUT2D eigenvalue weighted by Gasteiger charge is -2.22. The number of furan rings is 1. The molecule has 2 aromatic heterocycles. The molecule has 1 aliphatic rings. The third kappa shape index (κ3) is 2.78. The van der Waals surface area contributed by atoms with Gasteiger partial charge in [0.25, 0.3) is 0 Å². The highest BCUT2D eigenvalue weighted by atomic mass is 32.1. The van der Waals surface area contributed by atoms with E-state index in [-0.39, 0.29) is 11.9 Å². The Balaban J connectivity index is 1.58. The van der Waals surface area contributed by atoms with E-state index >= 15 is 0 Å². The molecule has 0 unspecified atom stereocenters. The average molecular weight is 277 g/mol. The van der Waals surface area contributed by atoms with Gasteiger partial charge in [-0.25, -0.2) is 4.98 Å². The lowest BCUT2D eigenvalue weighted by molar-refractivity contribution is -0.121. The molecule has 19 heavy (non-hydrogen) atoms. The van der Waals surface area contributed by atoms with Crippen molar-refractivity contribution in [1.82, 2.24) is 10.3 Å². The van der Waals surface area contributed by atoms with Crippen molar-refractivity contribution in [2.24, 2.45) is 0 Å². The first kappa shape index (κ1) is 12.2. The van der Waals surface area contributed by atoms with Crippen LogP contribution in [0, 0.1) is 0 Å². The van der Waals surface area contributed by atoms with E-state index in [0.29, 0.717) is 11.6 Å². The number of nitrogen functional groups attached to an aromatic ring is 1. The minimum atomic E-state index is 0.0346. The Kier molecular flexibility index (Phi) is 3.25. The Morgan fingerprint density at radius 3 is 3.32 bits per heavy atom. The van der Waals surface area contributed by atoms with Gasteiger partial charge in [0.2, 0.25) is 5.91 Å². The molecule has 3 rings (SSSR count). The Hall–Kier alpha value is -1.82. The SMILES string of the molecule is Nc1nc2c(s1)C[C@@H](NC(=O)Cc1ccoc1)CC2. The molecule has 0 aliphatic heterocycles. The molecule has 0 saturated carbocycles. The maximum absolute atomic E-state index is 11.9. The number of aromatic nitrogens is 1. The Bertz CT molecular complexity index is 577. The summed E-state index contributed by atoms with van der Waals surface area (Å²) in [7, 11) is 0. The lowest BCUT2D eigenvalue weighted by atomic mass is 9.97. The molecule has 0 spiro atoms. The van der Waals surface area contributed by atoms with Crippen molar-refractivity contribution in [1.29, 1.82) is 0 Å². The van der Waals surface area contributed by atoms with E-state index in [1.165, 1.54) is 16.2 Å². The molecule has 1 amide bonds. The van der Waals surface area contributed by atoms with Gasteiger partial charge in [-0.3, -0.25) is 4.79 Å². The number of nitrogens with one attached hydrogen (secondary N) is 1. The minimum absolute atomic E-state index is 0.0346. The van der Waals surface area contributed by atoms with Crippen LogP contribution in [0.2, 0.25) is 0 Å². The second-order valence-corrected chi connectivity index (χ2v) is 5.85. The Morgan fingerprint density at radius 1 is 1.63 bits per heavy atom. The fourth-order valence-corrected chi connectivity index (χ4v) is 3.33. The zero-order valence-electron chi connectivity index (χ0n) is 10.4. The van der Waals surface area contributed by atoms with Gasteiger partial charge in [-0.1, -0.05) is 0 Å². The second-order valence-electron chi connectivity index (χ2n) is 4.74. The van der Waals surface area contributed by atoms with Crippen LogP contribution in [0.3, 0.4) is 0 Å². The molecule has 0 fully saturated rings. The number of rotatable bonds is 3. The second kappa shape index (κ2) is 5.05. The molecule has 0 bridgehead atoms. The largest absolute Gasteiger partial charge is 0.472 e. The van der Waals surface area contributed by atoms with Crippen LogP contribution in [0.5, 0.6) is 0 Å². The number of nitrogens with zero attached hydrogens (tertiary/aromatic N) is 1. The first-order valence-electron chi connectivity index (χ1n) is 6.25. The summed E-state index contributed by atoms with van der Waals surface area (Å²) in [6.07, 6.45) is 6.19. The summed E-state index contributed by atoms with van der Waals surface area (Å²) in [5.41, 5.74) is 7.70. The zero-order valence-corrected chi connectivity index (χ0v) is 11.2. The van der Waals surface area contributed by atoms with E-state index in [1.54, 1.807) is 12.5 Å². The number of aryl methyl sites for hydroxylation is 1. The van der Waals surface area contributed by atoms with Gasteiger partial charge in [-0.15, -0.1) is 11.3 Å². The van der Waals surface area contributed by atoms with Crippen LogP contribution < -0.4 is 11.1 Å². The third-order valence-corrected chi connectivity index (χ3v) is 4.22. The number of amides is 1. The van der Waals surface area contributed by atoms with Crippen molar-refractivity contribution in [3.63, 3.8) is 0 Å². The van der Waals surface area contributed by atoms with E-state index in [4.69, 9.17) is 10.2 Å². The molecular formula is C13H15N3O2S. The number of fused-ring (bicyclic) bond motifs is 1. The Labute approximate surface area is 114 Å². The van der Waals surface area contributed by atoms with Crippen LogP contribution >= 0.6 is 11.3 Å². The van der Waals surface area contributed by atoms with Crippen molar-refractivity contribution in [3.8, 4) is 0 Å². The standard InChI is InChI=1S/C13H15N3O2S/c14-13-16-10-2-1-9(6-11(10)19-13)15-12(17)5-8-3-4-18-7-8/h3-4,7,9H,1-2,5-6H2,(H2,14,16)(H,15,17)/t9-/m0/s1. The summed E-state index contributed by atoms with van der Waals surface area (Å²) >= 11 is 1.53. The van der Waals surface area contributed by atoms with Crippen molar-refractivity contribution >= 4 is 22.4 Å². The van der Waals surface area contributed by atoms with Gasteiger partial charge in [0.15, 0.2) is 5.13 Å². The van der Waals surface area contributed by atoms with Gasteiger partial charge in [-0.2, -0.15) is 0 Å². The third-order valence-electron chi connectivity index (χ3n) is 3.27. The van der Waals surface area contributed by atoms with Crippen LogP contribution in [0.4, 0.5) is 5.13 Å². The number of carbonyl (C=O) groups excluding carboxylic acids is 1. The molecule has 6 heteroatoms. The summed E-state index contributed by atoms with van der Waals surface area (Å²) in [6.45, 7) is 0. The van der Waals surface area contributed by atoms with Crippen molar-refractivity contribution < 1.29 is 9.21 Å². The highest BCUT2D eigenvalue weighted by molar-refractivity contribution is 7.15. The van der Waals surface area contributed by atoms with Crippen LogP contribution in [0.15, 0.2) is 23.0 Å². The van der Waals surface area contributed by atoms with Crippen molar-refractivity contribution in [3.05, 3.63) is 34.7 Å². The molecule has 0 saturated heterocycles. The highest BCUT2D eigenvalue weighted by Crippen LogP contribution is 2.28. The van der Waals surface area contributed by atoms with Gasteiger partial charge < -0.3 is 15.5 Å². The molecule has 1 aliphatic carbocycles. The van der Waals surface area contributed by atoms with E-state index in [2.05, 4.69) is 10.3 Å². The minimum Gasteiger partial charge on any atom is -0.472 e. The smallest absolute Gasteiger partial charge is 0.224 e. The first-order chi connectivity index (χ1) is 9.20. The van der Waals surface area contributed by atoms with Crippen LogP contribution in [-0.2, 0) is 24.1 Å². The molecule has 3 N–H and O–H groups in total. The molecule has 100 valence electrons. The van der Waals surface area contributed by atoms with Crippen molar-refractivity contribution in [2.75, 3.05) is 5.73 Å². The topological polar surface area (TPSA) is 81.1 Å². The number of thiazole rings is 1. The number of anilines is 1. The van der Waals surface area contributed by atoms with Crippen LogP contribution in [0.25, 0.3) is 0 Å². The molecular weight excluding hydrogens is 262 g/mol. The number of hydrogen-bond acceptors (Lipinski definition) is 5. The van der Waals surface area contributed by atoms with Gasteiger partial charge in [0, 0.05) is 17.3 Å². The molecule has 2 aromatic rings. The molecule has 5 nitrogen and oxygen atoms in total. The summed E-state index contributed by atoms with van der Waals surface area (Å²) in [4.78, 5) is 17.4. The predicted octanol–water partition coefficient (Wildman–Crippen LogP) is 1.53. The maximum atomic E-state index is 11.9. The summed E-state index contributed by atoms with van der Waals surface area (Å²) < 4.78 is 4.95. The fourth-order valence-electron chi connectivity index (χ4n) is 2.38. The van der Waals surface area contributed by atoms with E-state index in [1.807, 2.05) is 6.07 Å². The van der Waals surface area contributed by atoms with Crippen LogP contribution in [-0.4, -0.2) is 16.9 Å². The number of carbonyl (C=O) groups is 1. The predicted molar refractivity (Wildman–Crippen MR) is 72.9 cm³/mol. The average Bonchev–Trinajstić information content (AvgIpc) is 2.96.